The van der Waals surface area contributed by atoms with Gasteiger partial charge in [-0.05, 0) is 0 Å². The standard InChI is InChI=1S/12O.2Pr.3W/q;;;;;;6*-1;2*+3;;;. The maximum atomic E-state index is 8.65. The molecule has 0 saturated heterocycles. The topological polar surface area (TPSA) is 241 Å². The molecule has 0 heterocycles. The Hall–Kier alpha value is 3.35. The van der Waals surface area contributed by atoms with Gasteiger partial charge < -0.3 is 0 Å². The van der Waals surface area contributed by atoms with Gasteiger partial charge in [0.15, 0.2) is 0 Å². The molecule has 0 bridgehead atoms. The molecule has 96 valence electrons. The summed E-state index contributed by atoms with van der Waals surface area (Å²) in [6.45, 7) is 0. The van der Waals surface area contributed by atoms with Crippen molar-refractivity contribution in [2.75, 3.05) is 0 Å². The molecule has 0 aliphatic rings. The number of rotatable bonds is 0. The summed E-state index contributed by atoms with van der Waals surface area (Å²) in [4.78, 5) is 0. The minimum Gasteiger partial charge on any atom is 3.00 e. The first kappa shape index (κ1) is 32.3. The summed E-state index contributed by atoms with van der Waals surface area (Å²) in [6, 6.07) is 0. The van der Waals surface area contributed by atoms with Crippen LogP contribution in [0.2, 0.25) is 0 Å². The van der Waals surface area contributed by atoms with Gasteiger partial charge in [-0.15, -0.1) is 0 Å². The van der Waals surface area contributed by atoms with Crippen LogP contribution in [0.15, 0.2) is 0 Å². The minimum absolute atomic E-state index is 0. The third kappa shape index (κ3) is 519. The summed E-state index contributed by atoms with van der Waals surface area (Å²) < 4.78 is 104. The Morgan fingerprint density at radius 1 is 0.412 bits per heavy atom. The predicted molar refractivity (Wildman–Crippen MR) is 4.12 cm³/mol. The SMILES string of the molecule is [O]=[W](=[O])([O-])[O-].[O]=[W](=[O])([O-])[O-].[O]=[W](=[O])([O-])[O-].[Pr+3].[Pr+3]. The molecular weight excluding hydrogens is 1030 g/mol. The van der Waals surface area contributed by atoms with E-state index in [0.29, 0.717) is 0 Å². The van der Waals surface area contributed by atoms with Crippen molar-refractivity contribution in [3.8, 4) is 0 Å². The molecule has 0 radical (unpaired) electrons. The van der Waals surface area contributed by atoms with Crippen LogP contribution in [0.1, 0.15) is 0 Å². The fourth-order valence-electron chi connectivity index (χ4n) is 0. The molecule has 0 spiro atoms. The molecule has 0 N–H and O–H groups in total. The molecule has 0 saturated carbocycles. The summed E-state index contributed by atoms with van der Waals surface area (Å²) in [5, 5.41) is 0. The Morgan fingerprint density at radius 2 is 0.412 bits per heavy atom. The molecule has 0 atom stereocenters. The van der Waals surface area contributed by atoms with Crippen LogP contribution in [-0.2, 0) is 70.6 Å². The van der Waals surface area contributed by atoms with Gasteiger partial charge in [0.05, 0.1) is 0 Å². The molecule has 0 aromatic rings. The van der Waals surface area contributed by atoms with Gasteiger partial charge in [-0.2, -0.15) is 0 Å². The summed E-state index contributed by atoms with van der Waals surface area (Å²) in [6.07, 6.45) is 0. The van der Waals surface area contributed by atoms with Crippen LogP contribution in [0.4, 0.5) is 0 Å². The molecule has 0 rings (SSSR count). The van der Waals surface area contributed by atoms with Crippen LogP contribution in [-0.4, -0.2) is 0 Å². The largest absolute Gasteiger partial charge is 3.00 e. The van der Waals surface area contributed by atoms with E-state index in [-0.39, 0.29) is 82.6 Å². The van der Waals surface area contributed by atoms with E-state index in [2.05, 4.69) is 0 Å². The number of hydrogen-bond donors (Lipinski definition) is 0. The first-order chi connectivity index (χ1) is 6.00. The van der Waals surface area contributed by atoms with Crippen LogP contribution < -0.4 is 22.6 Å². The van der Waals surface area contributed by atoms with Gasteiger partial charge in [0.25, 0.3) is 0 Å². The van der Waals surface area contributed by atoms with Crippen molar-refractivity contribution in [1.82, 2.24) is 0 Å². The van der Waals surface area contributed by atoms with E-state index in [9.17, 15) is 0 Å². The zero-order valence-corrected chi connectivity index (χ0v) is 23.5. The van der Waals surface area contributed by atoms with Crippen molar-refractivity contribution >= 4 is 0 Å². The second-order valence-electron chi connectivity index (χ2n) is 1.22. The van der Waals surface area contributed by atoms with Gasteiger partial charge in [0.1, 0.15) is 0 Å². The first-order valence-corrected chi connectivity index (χ1v) is 16.4. The fourth-order valence-corrected chi connectivity index (χ4v) is 0. The Morgan fingerprint density at radius 3 is 0.412 bits per heavy atom. The average molecular weight is 1030 g/mol. The van der Waals surface area contributed by atoms with Gasteiger partial charge in [-0.3, -0.25) is 0 Å². The van der Waals surface area contributed by atoms with E-state index in [4.69, 9.17) is 42.9 Å². The third-order valence-electron chi connectivity index (χ3n) is 0. The van der Waals surface area contributed by atoms with Crippen LogP contribution in [0.3, 0.4) is 0 Å². The molecule has 0 aliphatic heterocycles. The van der Waals surface area contributed by atoms with E-state index in [1.54, 1.807) is 0 Å². The first-order valence-electron chi connectivity index (χ1n) is 2.00. The zero-order chi connectivity index (χ0) is 13.5. The van der Waals surface area contributed by atoms with Crippen LogP contribution >= 0.6 is 0 Å². The van der Waals surface area contributed by atoms with Crippen LogP contribution in [0.5, 0.6) is 0 Å². The van der Waals surface area contributed by atoms with Crippen molar-refractivity contribution in [1.29, 1.82) is 0 Å². The normalized spacial score (nSPS) is 10.2. The van der Waals surface area contributed by atoms with Crippen LogP contribution in [0, 0.1) is 82.6 Å². The van der Waals surface area contributed by atoms with E-state index >= 15 is 0 Å². The summed E-state index contributed by atoms with van der Waals surface area (Å²) in [7, 11) is 0. The molecule has 17 heavy (non-hydrogen) atoms. The molecule has 0 amide bonds. The van der Waals surface area contributed by atoms with Gasteiger partial charge >= 0.3 is 176 Å². The molecule has 0 unspecified atom stereocenters. The Balaban J connectivity index is -0.0000000400. The quantitative estimate of drug-likeness (QED) is 0.220. The molecular formula is O12Pr2W3. The third-order valence-corrected chi connectivity index (χ3v) is 0. The van der Waals surface area contributed by atoms with Crippen molar-refractivity contribution in [2.24, 2.45) is 0 Å². The summed E-state index contributed by atoms with van der Waals surface area (Å²) in [5.74, 6) is 0. The van der Waals surface area contributed by atoms with E-state index in [0.717, 1.165) is 0 Å². The molecule has 0 aromatic heterocycles. The molecule has 0 aromatic carbocycles. The van der Waals surface area contributed by atoms with E-state index in [1.807, 2.05) is 0 Å². The minimum atomic E-state index is -6.17. The second-order valence-corrected chi connectivity index (χ2v) is 10.0. The molecule has 17 heteroatoms. The van der Waals surface area contributed by atoms with Crippen molar-refractivity contribution in [3.63, 3.8) is 0 Å². The molecule has 0 fully saturated rings. The predicted octanol–water partition coefficient (Wildman–Crippen LogP) is -7.85. The van der Waals surface area contributed by atoms with Crippen molar-refractivity contribution in [2.45, 2.75) is 0 Å². The van der Waals surface area contributed by atoms with Gasteiger partial charge in [0.2, 0.25) is 0 Å². The molecule has 12 nitrogen and oxygen atoms in total. The zero-order valence-electron chi connectivity index (χ0n) is 7.28. The van der Waals surface area contributed by atoms with Gasteiger partial charge in [-0.25, -0.2) is 0 Å². The van der Waals surface area contributed by atoms with Crippen molar-refractivity contribution in [3.05, 3.63) is 0 Å². The Labute approximate surface area is 171 Å². The Bertz CT molecular complexity index is 341. The van der Waals surface area contributed by atoms with Gasteiger partial charge in [0, 0.05) is 0 Å². The van der Waals surface area contributed by atoms with Gasteiger partial charge in [-0.1, -0.05) is 0 Å². The van der Waals surface area contributed by atoms with Crippen LogP contribution in [0.25, 0.3) is 0 Å². The monoisotopic (exact) mass is 1030 g/mol. The maximum Gasteiger partial charge on any atom is 3.00 e. The maximum absolute atomic E-state index is 8.65. The fraction of sp³-hybridized carbons (Fsp3) is 0. The molecule has 0 aliphatic carbocycles. The van der Waals surface area contributed by atoms with E-state index in [1.165, 1.54) is 0 Å². The smallest absolute Gasteiger partial charge is 3.00 e. The Kier molecular flexibility index (Phi) is 27.2. The van der Waals surface area contributed by atoms with E-state index < -0.39 is 50.2 Å². The average Bonchev–Trinajstić information content (AvgIpc) is 1.41. The second kappa shape index (κ2) is 14.3. The summed E-state index contributed by atoms with van der Waals surface area (Å²) >= 11 is -18.5. The summed E-state index contributed by atoms with van der Waals surface area (Å²) in [5.41, 5.74) is 0. The van der Waals surface area contributed by atoms with Crippen molar-refractivity contribution < 1.29 is 176 Å². The number of hydrogen-bond acceptors (Lipinski definition) is 12.